The van der Waals surface area contributed by atoms with E-state index in [1.807, 2.05) is 5.32 Å². The molecule has 0 fully saturated rings. The van der Waals surface area contributed by atoms with Gasteiger partial charge >= 0.3 is 18.5 Å². The fourth-order valence-electron chi connectivity index (χ4n) is 2.24. The van der Waals surface area contributed by atoms with Crippen LogP contribution in [0.3, 0.4) is 0 Å². The highest BCUT2D eigenvalue weighted by Gasteiger charge is 2.37. The molecule has 0 saturated heterocycles. The average Bonchev–Trinajstić information content (AvgIpc) is 3.17. The minimum absolute atomic E-state index is 0.249. The Hall–Kier alpha value is -3.66. The van der Waals surface area contributed by atoms with Crippen molar-refractivity contribution in [3.63, 3.8) is 0 Å². The van der Waals surface area contributed by atoms with Gasteiger partial charge in [0.2, 0.25) is 11.9 Å². The molecule has 3 rings (SSSR count). The second kappa shape index (κ2) is 8.36. The molecule has 3 aromatic rings. The van der Waals surface area contributed by atoms with E-state index in [0.717, 1.165) is 25.4 Å². The summed E-state index contributed by atoms with van der Waals surface area (Å²) < 4.78 is 116. The second-order valence-corrected chi connectivity index (χ2v) is 6.39. The number of nitrogens with one attached hydrogen (secondary N) is 2. The largest absolute Gasteiger partial charge is 0.435 e. The van der Waals surface area contributed by atoms with Crippen LogP contribution >= 0.6 is 0 Å². The highest BCUT2D eigenvalue weighted by Crippen LogP contribution is 2.30. The normalized spacial score (nSPS) is 13.6. The van der Waals surface area contributed by atoms with Gasteiger partial charge in [0.15, 0.2) is 5.69 Å². The van der Waals surface area contributed by atoms with Crippen molar-refractivity contribution in [1.29, 1.82) is 0 Å². The van der Waals surface area contributed by atoms with Gasteiger partial charge in [0.05, 0.1) is 0 Å². The topological polar surface area (TPSA) is 93.4 Å². The van der Waals surface area contributed by atoms with E-state index in [-0.39, 0.29) is 5.69 Å². The molecule has 0 unspecified atom stereocenters. The summed E-state index contributed by atoms with van der Waals surface area (Å²) in [6.07, 6.45) is -12.7. The molecular weight excluding hydrogens is 475 g/mol. The Labute approximate surface area is 177 Å². The number of halogens is 9. The van der Waals surface area contributed by atoms with Gasteiger partial charge in [0, 0.05) is 18.1 Å². The van der Waals surface area contributed by atoms with E-state index in [1.165, 1.54) is 0 Å². The van der Waals surface area contributed by atoms with Crippen LogP contribution in [-0.2, 0) is 12.4 Å². The molecule has 33 heavy (non-hydrogen) atoms. The molecule has 0 aliphatic heterocycles. The van der Waals surface area contributed by atoms with Gasteiger partial charge in [0.1, 0.15) is 11.7 Å². The van der Waals surface area contributed by atoms with Gasteiger partial charge in [-0.25, -0.2) is 4.68 Å². The maximum atomic E-state index is 12.9. The third kappa shape index (κ3) is 5.98. The minimum atomic E-state index is -4.82. The van der Waals surface area contributed by atoms with Crippen molar-refractivity contribution in [3.8, 4) is 5.95 Å². The lowest BCUT2D eigenvalue weighted by molar-refractivity contribution is -0.142. The lowest BCUT2D eigenvalue weighted by atomic mass is 10.3. The highest BCUT2D eigenvalue weighted by molar-refractivity contribution is 5.55. The van der Waals surface area contributed by atoms with E-state index >= 15 is 0 Å². The van der Waals surface area contributed by atoms with E-state index in [0.29, 0.717) is 16.8 Å². The van der Waals surface area contributed by atoms with Crippen LogP contribution in [0.2, 0.25) is 0 Å². The fourth-order valence-corrected chi connectivity index (χ4v) is 2.24. The molecule has 0 aliphatic rings. The number of aromatic nitrogens is 6. The molecule has 0 radical (unpaired) electrons. The van der Waals surface area contributed by atoms with Crippen molar-refractivity contribution in [3.05, 3.63) is 42.0 Å². The quantitative estimate of drug-likeness (QED) is 0.510. The average molecular weight is 486 g/mol. The minimum Gasteiger partial charge on any atom is -0.343 e. The first-order valence-electron chi connectivity index (χ1n) is 8.66. The van der Waals surface area contributed by atoms with Gasteiger partial charge in [-0.05, 0) is 25.1 Å². The summed E-state index contributed by atoms with van der Waals surface area (Å²) in [5.41, 5.74) is -2.87. The lowest BCUT2D eigenvalue weighted by Crippen LogP contribution is -2.34. The molecule has 0 aromatic carbocycles. The van der Waals surface area contributed by atoms with Crippen molar-refractivity contribution in [1.82, 2.24) is 29.7 Å². The van der Waals surface area contributed by atoms with Crippen LogP contribution in [0.15, 0.2) is 30.6 Å². The second-order valence-electron chi connectivity index (χ2n) is 6.39. The van der Waals surface area contributed by atoms with Crippen LogP contribution in [0.25, 0.3) is 5.95 Å². The Balaban J connectivity index is 2.01. The molecule has 3 aromatic heterocycles. The monoisotopic (exact) mass is 486 g/mol. The number of rotatable bonds is 5. The van der Waals surface area contributed by atoms with Gasteiger partial charge in [-0.1, -0.05) is 0 Å². The summed E-state index contributed by atoms with van der Waals surface area (Å²) >= 11 is 0. The van der Waals surface area contributed by atoms with E-state index < -0.39 is 53.8 Å². The van der Waals surface area contributed by atoms with Gasteiger partial charge in [-0.2, -0.15) is 59.6 Å². The molecule has 0 amide bonds. The predicted molar refractivity (Wildman–Crippen MR) is 93.6 cm³/mol. The van der Waals surface area contributed by atoms with E-state index in [9.17, 15) is 39.5 Å². The summed E-state index contributed by atoms with van der Waals surface area (Å²) in [6.45, 7) is 0.727. The molecule has 0 saturated carbocycles. The fraction of sp³-hybridized carbons (Fsp3) is 0.312. The van der Waals surface area contributed by atoms with Gasteiger partial charge in [-0.15, -0.1) is 0 Å². The SMILES string of the molecule is C[C@H](Nc1nc(Nc2ccnc(C(F)(F)F)c2)nc(-n2ccc(C(F)(F)F)n2)n1)C(F)(F)F. The zero-order valence-corrected chi connectivity index (χ0v) is 16.0. The smallest absolute Gasteiger partial charge is 0.343 e. The van der Waals surface area contributed by atoms with Crippen LogP contribution in [0.4, 0.5) is 57.1 Å². The van der Waals surface area contributed by atoms with Crippen LogP contribution in [-0.4, -0.2) is 41.9 Å². The molecule has 0 bridgehead atoms. The number of nitrogens with zero attached hydrogens (tertiary/aromatic N) is 6. The Morgan fingerprint density at radius 1 is 0.848 bits per heavy atom. The molecule has 178 valence electrons. The van der Waals surface area contributed by atoms with E-state index in [4.69, 9.17) is 0 Å². The third-order valence-electron chi connectivity index (χ3n) is 3.85. The van der Waals surface area contributed by atoms with E-state index in [2.05, 4.69) is 30.4 Å². The highest BCUT2D eigenvalue weighted by atomic mass is 19.4. The van der Waals surface area contributed by atoms with Crippen molar-refractivity contribution in [2.75, 3.05) is 10.6 Å². The Morgan fingerprint density at radius 3 is 2.06 bits per heavy atom. The third-order valence-corrected chi connectivity index (χ3v) is 3.85. The van der Waals surface area contributed by atoms with Crippen LogP contribution in [0.5, 0.6) is 0 Å². The Morgan fingerprint density at radius 2 is 1.48 bits per heavy atom. The summed E-state index contributed by atoms with van der Waals surface area (Å²) in [4.78, 5) is 14.1. The van der Waals surface area contributed by atoms with Crippen molar-refractivity contribution < 1.29 is 39.5 Å². The van der Waals surface area contributed by atoms with Gasteiger partial charge < -0.3 is 10.6 Å². The zero-order valence-electron chi connectivity index (χ0n) is 16.0. The molecule has 0 spiro atoms. The van der Waals surface area contributed by atoms with Gasteiger partial charge in [-0.3, -0.25) is 4.98 Å². The number of alkyl halides is 9. The first-order valence-corrected chi connectivity index (χ1v) is 8.66. The molecule has 2 N–H and O–H groups in total. The summed E-state index contributed by atoms with van der Waals surface area (Å²) in [6, 6.07) is 0.0484. The molecule has 17 heteroatoms. The summed E-state index contributed by atoms with van der Waals surface area (Å²) in [7, 11) is 0. The van der Waals surface area contributed by atoms with Crippen LogP contribution < -0.4 is 10.6 Å². The maximum absolute atomic E-state index is 12.9. The van der Waals surface area contributed by atoms with Crippen molar-refractivity contribution >= 4 is 17.6 Å². The van der Waals surface area contributed by atoms with Crippen LogP contribution in [0, 0.1) is 0 Å². The molecule has 0 aliphatic carbocycles. The summed E-state index contributed by atoms with van der Waals surface area (Å²) in [5.74, 6) is -1.92. The molecule has 3 heterocycles. The first-order chi connectivity index (χ1) is 15.1. The molecular formula is C16H11F9N8. The standard InChI is InChI=1S/C16H11F9N8/c1-7(14(17,18)19)27-11-29-12(28-8-2-4-26-10(6-8)16(23,24)25)31-13(30-11)33-5-3-9(32-33)15(20,21)22/h2-7H,1H3,(H2,26,27,28,29,30,31)/t7-/m0/s1. The summed E-state index contributed by atoms with van der Waals surface area (Å²) in [5, 5.41) is 7.45. The molecule has 8 nitrogen and oxygen atoms in total. The Bertz CT molecular complexity index is 1120. The number of hydrogen-bond acceptors (Lipinski definition) is 7. The van der Waals surface area contributed by atoms with Crippen molar-refractivity contribution in [2.45, 2.75) is 31.5 Å². The lowest BCUT2D eigenvalue weighted by Gasteiger charge is -2.18. The van der Waals surface area contributed by atoms with Crippen molar-refractivity contribution in [2.24, 2.45) is 0 Å². The Kier molecular flexibility index (Phi) is 6.08. The predicted octanol–water partition coefficient (Wildman–Crippen LogP) is 4.60. The number of anilines is 3. The number of pyridine rings is 1. The maximum Gasteiger partial charge on any atom is 0.435 e. The first kappa shape index (κ1) is 24.0. The van der Waals surface area contributed by atoms with Gasteiger partial charge in [0.25, 0.3) is 5.95 Å². The number of hydrogen-bond donors (Lipinski definition) is 2. The van der Waals surface area contributed by atoms with E-state index in [1.54, 1.807) is 0 Å². The molecule has 1 atom stereocenters. The van der Waals surface area contributed by atoms with Crippen LogP contribution in [0.1, 0.15) is 18.3 Å². The zero-order chi connectivity index (χ0) is 24.6.